The Morgan fingerprint density at radius 3 is 2.79 bits per heavy atom. The molecule has 158 valence electrons. The average Bonchev–Trinajstić information content (AvgIpc) is 3.12. The van der Waals surface area contributed by atoms with E-state index < -0.39 is 11.6 Å². The summed E-state index contributed by atoms with van der Waals surface area (Å²) in [6.45, 7) is 4.32. The summed E-state index contributed by atoms with van der Waals surface area (Å²) in [5.74, 6) is -0.490. The minimum absolute atomic E-state index is 0. The van der Waals surface area contributed by atoms with Gasteiger partial charge in [-0.15, -0.1) is 24.0 Å². The van der Waals surface area contributed by atoms with Gasteiger partial charge in [0.15, 0.2) is 17.6 Å². The van der Waals surface area contributed by atoms with Gasteiger partial charge >= 0.3 is 0 Å². The monoisotopic (exact) mass is 519 g/mol. The number of hydrogen-bond acceptors (Lipinski definition) is 3. The molecule has 1 fully saturated rings. The molecule has 3 rings (SSSR count). The van der Waals surface area contributed by atoms with E-state index in [-0.39, 0.29) is 35.8 Å². The summed E-state index contributed by atoms with van der Waals surface area (Å²) >= 11 is 0. The zero-order chi connectivity index (χ0) is 19.9. The molecule has 1 unspecified atom stereocenters. The van der Waals surface area contributed by atoms with Crippen molar-refractivity contribution >= 4 is 35.8 Å². The lowest BCUT2D eigenvalue weighted by atomic mass is 10.1. The number of halogens is 4. The summed E-state index contributed by atoms with van der Waals surface area (Å²) in [4.78, 5) is 10.5. The summed E-state index contributed by atoms with van der Waals surface area (Å²) in [7, 11) is 0. The summed E-state index contributed by atoms with van der Waals surface area (Å²) in [6, 6.07) is 6.65. The van der Waals surface area contributed by atoms with Gasteiger partial charge in [0.2, 0.25) is 0 Å². The quantitative estimate of drug-likeness (QED) is 0.349. The van der Waals surface area contributed by atoms with Gasteiger partial charge in [0.1, 0.15) is 11.6 Å². The van der Waals surface area contributed by atoms with E-state index in [1.807, 2.05) is 11.8 Å². The number of rotatable bonds is 6. The second kappa shape index (κ2) is 11.2. The van der Waals surface area contributed by atoms with Crippen LogP contribution >= 0.6 is 24.0 Å². The first-order valence-electron chi connectivity index (χ1n) is 9.41. The number of aromatic nitrogens is 1. The molecule has 9 heteroatoms. The summed E-state index contributed by atoms with van der Waals surface area (Å²) in [5, 5.41) is 6.50. The Morgan fingerprint density at radius 2 is 2.07 bits per heavy atom. The van der Waals surface area contributed by atoms with Gasteiger partial charge in [-0.25, -0.2) is 18.2 Å². The number of pyridine rings is 1. The maximum atomic E-state index is 13.9. The Hall–Kier alpha value is -2.04. The van der Waals surface area contributed by atoms with E-state index >= 15 is 0 Å². The van der Waals surface area contributed by atoms with Crippen LogP contribution in [0.5, 0.6) is 0 Å². The van der Waals surface area contributed by atoms with E-state index in [9.17, 15) is 13.2 Å². The smallest absolute Gasteiger partial charge is 0.191 e. The highest BCUT2D eigenvalue weighted by Gasteiger charge is 2.25. The normalized spacial score (nSPS) is 16.5. The molecule has 0 spiro atoms. The molecule has 1 saturated heterocycles. The van der Waals surface area contributed by atoms with Crippen molar-refractivity contribution in [2.24, 2.45) is 4.99 Å². The van der Waals surface area contributed by atoms with Crippen molar-refractivity contribution < 1.29 is 13.2 Å². The maximum Gasteiger partial charge on any atom is 0.191 e. The second-order valence-corrected chi connectivity index (χ2v) is 6.63. The van der Waals surface area contributed by atoms with Crippen molar-refractivity contribution in [3.63, 3.8) is 0 Å². The first-order chi connectivity index (χ1) is 13.6. The summed E-state index contributed by atoms with van der Waals surface area (Å²) in [6.07, 6.45) is 2.78. The number of benzene rings is 1. The molecule has 0 amide bonds. The number of hydrogen-bond donors (Lipinski definition) is 2. The topological polar surface area (TPSA) is 52.6 Å². The van der Waals surface area contributed by atoms with Crippen molar-refractivity contribution in [2.75, 3.05) is 31.1 Å². The molecule has 0 aliphatic carbocycles. The van der Waals surface area contributed by atoms with Crippen molar-refractivity contribution in [3.05, 3.63) is 59.5 Å². The van der Waals surface area contributed by atoms with Crippen LogP contribution in [0.2, 0.25) is 0 Å². The number of aliphatic imine (C=N–C) groups is 1. The Balaban J connectivity index is 0.00000300. The minimum atomic E-state index is -0.588. The van der Waals surface area contributed by atoms with E-state index in [0.717, 1.165) is 12.5 Å². The van der Waals surface area contributed by atoms with Gasteiger partial charge in [0.05, 0.1) is 0 Å². The molecule has 2 N–H and O–H groups in total. The minimum Gasteiger partial charge on any atom is -0.357 e. The van der Waals surface area contributed by atoms with E-state index in [2.05, 4.69) is 20.6 Å². The predicted octanol–water partition coefficient (Wildman–Crippen LogP) is 3.49. The van der Waals surface area contributed by atoms with Crippen LogP contribution in [0.4, 0.5) is 19.0 Å². The Kier molecular flexibility index (Phi) is 8.99. The van der Waals surface area contributed by atoms with Crippen LogP contribution < -0.4 is 15.5 Å². The average molecular weight is 519 g/mol. The third-order valence-electron chi connectivity index (χ3n) is 4.58. The first kappa shape index (κ1) is 23.2. The molecule has 1 aromatic heterocycles. The molecule has 2 heterocycles. The predicted molar refractivity (Wildman–Crippen MR) is 119 cm³/mol. The van der Waals surface area contributed by atoms with Crippen LogP contribution in [0.1, 0.15) is 18.9 Å². The molecule has 29 heavy (non-hydrogen) atoms. The number of nitrogens with zero attached hydrogens (tertiary/aromatic N) is 3. The fourth-order valence-corrected chi connectivity index (χ4v) is 3.21. The van der Waals surface area contributed by atoms with Crippen LogP contribution in [-0.4, -0.2) is 43.2 Å². The molecule has 0 saturated carbocycles. The van der Waals surface area contributed by atoms with E-state index in [0.29, 0.717) is 49.9 Å². The van der Waals surface area contributed by atoms with Gasteiger partial charge in [-0.05, 0) is 43.5 Å². The Morgan fingerprint density at radius 1 is 1.24 bits per heavy atom. The third-order valence-corrected chi connectivity index (χ3v) is 4.58. The van der Waals surface area contributed by atoms with Crippen molar-refractivity contribution in [1.82, 2.24) is 15.6 Å². The zero-order valence-electron chi connectivity index (χ0n) is 16.2. The fraction of sp³-hybridized carbons (Fsp3) is 0.400. The fourth-order valence-electron chi connectivity index (χ4n) is 3.21. The molecule has 1 aromatic carbocycles. The zero-order valence-corrected chi connectivity index (χ0v) is 18.5. The molecular weight excluding hydrogens is 494 g/mol. The molecule has 5 nitrogen and oxygen atoms in total. The lowest BCUT2D eigenvalue weighted by Gasteiger charge is -2.20. The van der Waals surface area contributed by atoms with Gasteiger partial charge < -0.3 is 15.5 Å². The number of anilines is 1. The van der Waals surface area contributed by atoms with Gasteiger partial charge in [-0.1, -0.05) is 6.07 Å². The number of nitrogens with one attached hydrogen (secondary N) is 2. The van der Waals surface area contributed by atoms with E-state index in [1.54, 1.807) is 12.3 Å². The highest BCUT2D eigenvalue weighted by molar-refractivity contribution is 14.0. The van der Waals surface area contributed by atoms with Crippen LogP contribution in [0.15, 0.2) is 41.5 Å². The van der Waals surface area contributed by atoms with Gasteiger partial charge in [-0.2, -0.15) is 0 Å². The molecule has 2 aromatic rings. The summed E-state index contributed by atoms with van der Waals surface area (Å²) < 4.78 is 40.6. The standard InChI is InChI=1S/C20H24F3N5.HI/c1-2-24-20(26-10-7-14-5-6-15(21)12-18(14)23)27-16-8-11-28(13-16)19-17(22)4-3-9-25-19;/h3-6,9,12,16H,2,7-8,10-11,13H2,1H3,(H2,24,26,27);1H. The molecule has 1 atom stereocenters. The first-order valence-corrected chi connectivity index (χ1v) is 9.41. The lowest BCUT2D eigenvalue weighted by molar-refractivity contribution is 0.571. The van der Waals surface area contributed by atoms with Crippen molar-refractivity contribution in [3.8, 4) is 0 Å². The Labute approximate surface area is 185 Å². The summed E-state index contributed by atoms with van der Waals surface area (Å²) in [5.41, 5.74) is 0.429. The lowest BCUT2D eigenvalue weighted by Crippen LogP contribution is -2.44. The highest BCUT2D eigenvalue weighted by atomic mass is 127. The van der Waals surface area contributed by atoms with Crippen molar-refractivity contribution in [2.45, 2.75) is 25.8 Å². The number of guanidine groups is 1. The maximum absolute atomic E-state index is 13.9. The van der Waals surface area contributed by atoms with Gasteiger partial charge in [0, 0.05) is 44.5 Å². The molecule has 0 radical (unpaired) electrons. The van der Waals surface area contributed by atoms with Gasteiger partial charge in [0.25, 0.3) is 0 Å². The highest BCUT2D eigenvalue weighted by Crippen LogP contribution is 2.20. The third kappa shape index (κ3) is 6.48. The molecule has 1 aliphatic heterocycles. The van der Waals surface area contributed by atoms with E-state index in [1.165, 1.54) is 18.2 Å². The SMILES string of the molecule is CCNC(=NCCc1ccc(F)cc1F)NC1CCN(c2ncccc2F)C1.I. The van der Waals surface area contributed by atoms with Crippen LogP contribution in [-0.2, 0) is 6.42 Å². The molecule has 0 bridgehead atoms. The Bertz CT molecular complexity index is 834. The largest absolute Gasteiger partial charge is 0.357 e. The van der Waals surface area contributed by atoms with E-state index in [4.69, 9.17) is 0 Å². The van der Waals surface area contributed by atoms with Crippen LogP contribution in [0, 0.1) is 17.5 Å². The molecule has 1 aliphatic rings. The second-order valence-electron chi connectivity index (χ2n) is 6.63. The van der Waals surface area contributed by atoms with Gasteiger partial charge in [-0.3, -0.25) is 4.99 Å². The van der Waals surface area contributed by atoms with Crippen LogP contribution in [0.25, 0.3) is 0 Å². The van der Waals surface area contributed by atoms with Crippen LogP contribution in [0.3, 0.4) is 0 Å². The molecular formula is C20H25F3IN5. The van der Waals surface area contributed by atoms with Crippen molar-refractivity contribution in [1.29, 1.82) is 0 Å².